The van der Waals surface area contributed by atoms with Crippen LogP contribution >= 0.6 is 0 Å². The van der Waals surface area contributed by atoms with E-state index in [0.717, 1.165) is 19.5 Å². The van der Waals surface area contributed by atoms with Gasteiger partial charge in [0.25, 0.3) is 0 Å². The SMILES string of the molecule is CCc1cc(CNC2CCCc3ccccc32)n(CC)n1. The molecule has 112 valence electrons. The lowest BCUT2D eigenvalue weighted by Gasteiger charge is -2.26. The number of nitrogens with one attached hydrogen (secondary N) is 1. The van der Waals surface area contributed by atoms with Gasteiger partial charge >= 0.3 is 0 Å². The van der Waals surface area contributed by atoms with E-state index in [1.54, 1.807) is 0 Å². The minimum Gasteiger partial charge on any atom is -0.304 e. The maximum absolute atomic E-state index is 4.63. The van der Waals surface area contributed by atoms with Crippen molar-refractivity contribution >= 4 is 0 Å². The summed E-state index contributed by atoms with van der Waals surface area (Å²) in [4.78, 5) is 0. The molecule has 0 saturated heterocycles. The molecule has 1 aromatic heterocycles. The second-order valence-corrected chi connectivity index (χ2v) is 5.82. The Hall–Kier alpha value is -1.61. The van der Waals surface area contributed by atoms with E-state index in [0.29, 0.717) is 6.04 Å². The van der Waals surface area contributed by atoms with E-state index in [4.69, 9.17) is 0 Å². The van der Waals surface area contributed by atoms with E-state index in [-0.39, 0.29) is 0 Å². The first-order valence-electron chi connectivity index (χ1n) is 8.18. The number of hydrogen-bond donors (Lipinski definition) is 1. The van der Waals surface area contributed by atoms with E-state index in [9.17, 15) is 0 Å². The first-order chi connectivity index (χ1) is 10.3. The van der Waals surface area contributed by atoms with Crippen molar-refractivity contribution in [3.8, 4) is 0 Å². The Balaban J connectivity index is 1.72. The Morgan fingerprint density at radius 1 is 1.29 bits per heavy atom. The van der Waals surface area contributed by atoms with Gasteiger partial charge in [0.05, 0.1) is 11.4 Å². The molecule has 1 atom stereocenters. The third-order valence-electron chi connectivity index (χ3n) is 4.47. The summed E-state index contributed by atoms with van der Waals surface area (Å²) in [6.45, 7) is 6.17. The predicted molar refractivity (Wildman–Crippen MR) is 86.2 cm³/mol. The second-order valence-electron chi connectivity index (χ2n) is 5.82. The summed E-state index contributed by atoms with van der Waals surface area (Å²) in [6, 6.07) is 11.6. The van der Waals surface area contributed by atoms with Crippen molar-refractivity contribution in [2.24, 2.45) is 0 Å². The maximum atomic E-state index is 4.63. The van der Waals surface area contributed by atoms with E-state index in [1.807, 2.05) is 0 Å². The molecular formula is C18H25N3. The molecule has 0 aliphatic heterocycles. The summed E-state index contributed by atoms with van der Waals surface area (Å²) >= 11 is 0. The van der Waals surface area contributed by atoms with Gasteiger partial charge < -0.3 is 5.32 Å². The maximum Gasteiger partial charge on any atom is 0.0625 e. The van der Waals surface area contributed by atoms with Crippen LogP contribution in [0.25, 0.3) is 0 Å². The molecule has 2 aromatic rings. The lowest BCUT2D eigenvalue weighted by molar-refractivity contribution is 0.446. The standard InChI is InChI=1S/C18H25N3/c1-3-15-12-16(21(4-2)20-15)13-19-18-11-7-9-14-8-5-6-10-17(14)18/h5-6,8,10,12,18-19H,3-4,7,9,11,13H2,1-2H3. The van der Waals surface area contributed by atoms with Crippen molar-refractivity contribution in [1.82, 2.24) is 15.1 Å². The number of aryl methyl sites for hydroxylation is 3. The number of nitrogens with zero attached hydrogens (tertiary/aromatic N) is 2. The van der Waals surface area contributed by atoms with Crippen molar-refractivity contribution < 1.29 is 0 Å². The van der Waals surface area contributed by atoms with Crippen LogP contribution in [-0.2, 0) is 25.9 Å². The first-order valence-corrected chi connectivity index (χ1v) is 8.18. The predicted octanol–water partition coefficient (Wildman–Crippen LogP) is 3.63. The van der Waals surface area contributed by atoms with E-state index >= 15 is 0 Å². The smallest absolute Gasteiger partial charge is 0.0625 e. The Morgan fingerprint density at radius 3 is 2.95 bits per heavy atom. The molecule has 3 nitrogen and oxygen atoms in total. The van der Waals surface area contributed by atoms with Crippen molar-refractivity contribution in [2.75, 3.05) is 0 Å². The van der Waals surface area contributed by atoms with Gasteiger partial charge in [-0.25, -0.2) is 0 Å². The van der Waals surface area contributed by atoms with Crippen LogP contribution in [-0.4, -0.2) is 9.78 Å². The average molecular weight is 283 g/mol. The highest BCUT2D eigenvalue weighted by molar-refractivity contribution is 5.32. The molecule has 0 spiro atoms. The fourth-order valence-corrected chi connectivity index (χ4v) is 3.30. The number of hydrogen-bond acceptors (Lipinski definition) is 2. The van der Waals surface area contributed by atoms with Crippen LogP contribution in [0, 0.1) is 0 Å². The number of fused-ring (bicyclic) bond motifs is 1. The molecule has 3 heteroatoms. The molecule has 0 fully saturated rings. The molecule has 1 aliphatic rings. The third-order valence-corrected chi connectivity index (χ3v) is 4.47. The second kappa shape index (κ2) is 6.44. The molecule has 1 heterocycles. The van der Waals surface area contributed by atoms with Crippen molar-refractivity contribution in [2.45, 2.75) is 58.7 Å². The zero-order valence-electron chi connectivity index (χ0n) is 13.1. The average Bonchev–Trinajstić information content (AvgIpc) is 2.95. The number of rotatable bonds is 5. The molecular weight excluding hydrogens is 258 g/mol. The highest BCUT2D eigenvalue weighted by Crippen LogP contribution is 2.29. The Bertz CT molecular complexity index is 600. The van der Waals surface area contributed by atoms with Crippen molar-refractivity contribution in [3.05, 3.63) is 52.8 Å². The minimum atomic E-state index is 0.486. The summed E-state index contributed by atoms with van der Waals surface area (Å²) < 4.78 is 2.13. The van der Waals surface area contributed by atoms with Crippen molar-refractivity contribution in [3.63, 3.8) is 0 Å². The van der Waals surface area contributed by atoms with E-state index in [1.165, 1.54) is 41.8 Å². The van der Waals surface area contributed by atoms with Gasteiger partial charge in [-0.15, -0.1) is 0 Å². The van der Waals surface area contributed by atoms with Gasteiger partial charge in [0, 0.05) is 19.1 Å². The highest BCUT2D eigenvalue weighted by Gasteiger charge is 2.19. The molecule has 21 heavy (non-hydrogen) atoms. The fourth-order valence-electron chi connectivity index (χ4n) is 3.30. The quantitative estimate of drug-likeness (QED) is 0.908. The van der Waals surface area contributed by atoms with Gasteiger partial charge in [-0.2, -0.15) is 5.10 Å². The molecule has 1 aromatic carbocycles. The van der Waals surface area contributed by atoms with E-state index in [2.05, 4.69) is 59.3 Å². The van der Waals surface area contributed by atoms with Gasteiger partial charge in [-0.3, -0.25) is 4.68 Å². The summed E-state index contributed by atoms with van der Waals surface area (Å²) in [5, 5.41) is 8.38. The van der Waals surface area contributed by atoms with Gasteiger partial charge in [0.15, 0.2) is 0 Å². The monoisotopic (exact) mass is 283 g/mol. The largest absolute Gasteiger partial charge is 0.304 e. The van der Waals surface area contributed by atoms with Gasteiger partial charge in [-0.05, 0) is 49.8 Å². The third kappa shape index (κ3) is 3.03. The lowest BCUT2D eigenvalue weighted by atomic mass is 9.88. The molecule has 0 radical (unpaired) electrons. The van der Waals surface area contributed by atoms with Gasteiger partial charge in [-0.1, -0.05) is 31.2 Å². The molecule has 3 rings (SSSR count). The highest BCUT2D eigenvalue weighted by atomic mass is 15.3. The number of benzene rings is 1. The fraction of sp³-hybridized carbons (Fsp3) is 0.500. The molecule has 0 saturated carbocycles. The summed E-state index contributed by atoms with van der Waals surface area (Å²) in [7, 11) is 0. The van der Waals surface area contributed by atoms with Crippen molar-refractivity contribution in [1.29, 1.82) is 0 Å². The molecule has 0 bridgehead atoms. The molecule has 1 aliphatic carbocycles. The summed E-state index contributed by atoms with van der Waals surface area (Å²) in [5.74, 6) is 0. The van der Waals surface area contributed by atoms with Gasteiger partial charge in [0.1, 0.15) is 0 Å². The normalized spacial score (nSPS) is 17.7. The van der Waals surface area contributed by atoms with Crippen LogP contribution in [0.1, 0.15) is 55.2 Å². The Labute approximate surface area is 127 Å². The van der Waals surface area contributed by atoms with E-state index < -0.39 is 0 Å². The van der Waals surface area contributed by atoms with Crippen LogP contribution in [0.15, 0.2) is 30.3 Å². The summed E-state index contributed by atoms with van der Waals surface area (Å²) in [5.41, 5.74) is 5.50. The topological polar surface area (TPSA) is 29.9 Å². The van der Waals surface area contributed by atoms with Gasteiger partial charge in [0.2, 0.25) is 0 Å². The molecule has 1 unspecified atom stereocenters. The lowest BCUT2D eigenvalue weighted by Crippen LogP contribution is -2.25. The van der Waals surface area contributed by atoms with Crippen LogP contribution in [0.2, 0.25) is 0 Å². The van der Waals surface area contributed by atoms with Crippen LogP contribution < -0.4 is 5.32 Å². The summed E-state index contributed by atoms with van der Waals surface area (Å²) in [6.07, 6.45) is 4.74. The molecule has 1 N–H and O–H groups in total. The zero-order chi connectivity index (χ0) is 14.7. The zero-order valence-corrected chi connectivity index (χ0v) is 13.1. The minimum absolute atomic E-state index is 0.486. The van der Waals surface area contributed by atoms with Crippen LogP contribution in [0.3, 0.4) is 0 Å². The Morgan fingerprint density at radius 2 is 2.14 bits per heavy atom. The van der Waals surface area contributed by atoms with Crippen LogP contribution in [0.5, 0.6) is 0 Å². The Kier molecular flexibility index (Phi) is 4.39. The number of aromatic nitrogens is 2. The first kappa shape index (κ1) is 14.3. The molecule has 0 amide bonds. The van der Waals surface area contributed by atoms with Crippen LogP contribution in [0.4, 0.5) is 0 Å².